The van der Waals surface area contributed by atoms with Crippen LogP contribution in [-0.2, 0) is 0 Å². The van der Waals surface area contributed by atoms with Gasteiger partial charge in [0.05, 0.1) is 17.6 Å². The summed E-state index contributed by atoms with van der Waals surface area (Å²) in [4.78, 5) is 18.5. The Hall–Kier alpha value is -2.98. The number of azide groups is 1. The number of fused-ring (bicyclic) bond motifs is 2. The van der Waals surface area contributed by atoms with Gasteiger partial charge in [0.25, 0.3) is 0 Å². The minimum atomic E-state index is -0.0761. The maximum Gasteiger partial charge on any atom is 0.197 e. The fourth-order valence-electron chi connectivity index (χ4n) is 2.31. The lowest BCUT2D eigenvalue weighted by molar-refractivity contribution is 0.340. The molecule has 0 radical (unpaired) electrons. The van der Waals surface area contributed by atoms with Gasteiger partial charge < -0.3 is 9.72 Å². The van der Waals surface area contributed by atoms with Crippen LogP contribution in [0.3, 0.4) is 0 Å². The van der Waals surface area contributed by atoms with Gasteiger partial charge >= 0.3 is 0 Å². The molecule has 0 spiro atoms. The normalized spacial score (nSPS) is 10.5. The molecule has 0 saturated carbocycles. The first-order chi connectivity index (χ1) is 10.2. The molecule has 1 aromatic heterocycles. The van der Waals surface area contributed by atoms with Gasteiger partial charge in [0.1, 0.15) is 5.75 Å². The van der Waals surface area contributed by atoms with Gasteiger partial charge in [0.2, 0.25) is 0 Å². The van der Waals surface area contributed by atoms with Crippen molar-refractivity contribution < 1.29 is 4.74 Å². The molecule has 0 unspecified atom stereocenters. The maximum atomic E-state index is 12.5. The summed E-state index contributed by atoms with van der Waals surface area (Å²) in [6.45, 7) is 2.44. The van der Waals surface area contributed by atoms with Gasteiger partial charge in [-0.1, -0.05) is 11.2 Å². The van der Waals surface area contributed by atoms with E-state index < -0.39 is 0 Å². The molecule has 2 aromatic carbocycles. The molecule has 6 heteroatoms. The van der Waals surface area contributed by atoms with Crippen molar-refractivity contribution in [2.45, 2.75) is 6.92 Å². The number of H-pyrrole nitrogens is 1. The quantitative estimate of drug-likeness (QED) is 0.339. The molecular weight excluding hydrogens is 268 g/mol. The number of aromatic nitrogens is 1. The molecule has 0 amide bonds. The van der Waals surface area contributed by atoms with Crippen LogP contribution in [0.5, 0.6) is 5.75 Å². The second-order valence-corrected chi connectivity index (χ2v) is 4.51. The molecule has 3 rings (SSSR count). The third kappa shape index (κ3) is 2.28. The number of hydrogen-bond acceptors (Lipinski definition) is 3. The molecular formula is C15H12N4O2. The third-order valence-electron chi connectivity index (χ3n) is 3.22. The van der Waals surface area contributed by atoms with Crippen molar-refractivity contribution in [1.82, 2.24) is 4.98 Å². The van der Waals surface area contributed by atoms with Crippen LogP contribution >= 0.6 is 0 Å². The summed E-state index contributed by atoms with van der Waals surface area (Å²) in [5.74, 6) is 0.667. The highest BCUT2D eigenvalue weighted by molar-refractivity contribution is 5.94. The Kier molecular flexibility index (Phi) is 3.22. The molecule has 21 heavy (non-hydrogen) atoms. The van der Waals surface area contributed by atoms with Gasteiger partial charge in [0, 0.05) is 21.4 Å². The first-order valence-corrected chi connectivity index (χ1v) is 6.50. The number of rotatable bonds is 3. The predicted molar refractivity (Wildman–Crippen MR) is 82.0 cm³/mol. The third-order valence-corrected chi connectivity index (χ3v) is 3.22. The van der Waals surface area contributed by atoms with E-state index in [4.69, 9.17) is 10.3 Å². The monoisotopic (exact) mass is 280 g/mol. The highest BCUT2D eigenvalue weighted by atomic mass is 16.5. The number of pyridine rings is 1. The Bertz CT molecular complexity index is 939. The number of ether oxygens (including phenoxy) is 1. The summed E-state index contributed by atoms with van der Waals surface area (Å²) >= 11 is 0. The lowest BCUT2D eigenvalue weighted by atomic mass is 10.1. The van der Waals surface area contributed by atoms with Crippen LogP contribution in [0.4, 0.5) is 5.69 Å². The summed E-state index contributed by atoms with van der Waals surface area (Å²) < 4.78 is 5.42. The maximum absolute atomic E-state index is 12.5. The van der Waals surface area contributed by atoms with Crippen LogP contribution in [0.15, 0.2) is 46.3 Å². The lowest BCUT2D eigenvalue weighted by Gasteiger charge is -2.06. The van der Waals surface area contributed by atoms with Crippen LogP contribution in [0.2, 0.25) is 0 Å². The van der Waals surface area contributed by atoms with Crippen molar-refractivity contribution in [3.05, 3.63) is 57.1 Å². The number of nitrogens with one attached hydrogen (secondary N) is 1. The van der Waals surface area contributed by atoms with E-state index in [-0.39, 0.29) is 5.43 Å². The number of aromatic amines is 1. The molecule has 104 valence electrons. The van der Waals surface area contributed by atoms with Crippen molar-refractivity contribution in [2.24, 2.45) is 5.11 Å². The van der Waals surface area contributed by atoms with Crippen LogP contribution in [0, 0.1) is 0 Å². The van der Waals surface area contributed by atoms with E-state index in [2.05, 4.69) is 15.0 Å². The molecule has 1 heterocycles. The van der Waals surface area contributed by atoms with Gasteiger partial charge in [-0.2, -0.15) is 0 Å². The predicted octanol–water partition coefficient (Wildman–Crippen LogP) is 4.02. The fourth-order valence-corrected chi connectivity index (χ4v) is 2.31. The average molecular weight is 280 g/mol. The Balaban J connectivity index is 2.31. The van der Waals surface area contributed by atoms with E-state index >= 15 is 0 Å². The van der Waals surface area contributed by atoms with Crippen molar-refractivity contribution in [1.29, 1.82) is 0 Å². The molecule has 0 aliphatic heterocycles. The molecule has 6 nitrogen and oxygen atoms in total. The van der Waals surface area contributed by atoms with E-state index in [1.807, 2.05) is 13.0 Å². The van der Waals surface area contributed by atoms with E-state index in [9.17, 15) is 4.79 Å². The Morgan fingerprint density at radius 1 is 1.19 bits per heavy atom. The lowest BCUT2D eigenvalue weighted by Crippen LogP contribution is -2.04. The van der Waals surface area contributed by atoms with Crippen LogP contribution in [0.1, 0.15) is 6.92 Å². The van der Waals surface area contributed by atoms with Crippen molar-refractivity contribution >= 4 is 27.5 Å². The fraction of sp³-hybridized carbons (Fsp3) is 0.133. The van der Waals surface area contributed by atoms with Gasteiger partial charge in [-0.05, 0) is 42.8 Å². The second kappa shape index (κ2) is 5.19. The highest BCUT2D eigenvalue weighted by Gasteiger charge is 2.07. The Morgan fingerprint density at radius 3 is 2.81 bits per heavy atom. The Morgan fingerprint density at radius 2 is 2.05 bits per heavy atom. The second-order valence-electron chi connectivity index (χ2n) is 4.51. The van der Waals surface area contributed by atoms with Gasteiger partial charge in [-0.15, -0.1) is 0 Å². The largest absolute Gasteiger partial charge is 0.494 e. The molecule has 3 aromatic rings. The molecule has 1 N–H and O–H groups in total. The van der Waals surface area contributed by atoms with E-state index in [0.29, 0.717) is 39.8 Å². The smallest absolute Gasteiger partial charge is 0.197 e. The topological polar surface area (TPSA) is 90.8 Å². The van der Waals surface area contributed by atoms with Crippen molar-refractivity contribution in [3.63, 3.8) is 0 Å². The van der Waals surface area contributed by atoms with Crippen LogP contribution in [-0.4, -0.2) is 11.6 Å². The average Bonchev–Trinajstić information content (AvgIpc) is 2.49. The van der Waals surface area contributed by atoms with E-state index in [0.717, 1.165) is 0 Å². The zero-order valence-corrected chi connectivity index (χ0v) is 11.3. The number of benzene rings is 2. The van der Waals surface area contributed by atoms with Gasteiger partial charge in [0.15, 0.2) is 5.43 Å². The molecule has 0 bridgehead atoms. The van der Waals surface area contributed by atoms with E-state index in [1.54, 1.807) is 30.3 Å². The first-order valence-electron chi connectivity index (χ1n) is 6.50. The minimum Gasteiger partial charge on any atom is -0.494 e. The molecule has 0 atom stereocenters. The van der Waals surface area contributed by atoms with Crippen LogP contribution in [0.25, 0.3) is 32.2 Å². The summed E-state index contributed by atoms with van der Waals surface area (Å²) in [6, 6.07) is 10.3. The zero-order chi connectivity index (χ0) is 14.8. The van der Waals surface area contributed by atoms with Crippen LogP contribution < -0.4 is 10.2 Å². The van der Waals surface area contributed by atoms with Gasteiger partial charge in [-0.3, -0.25) is 4.79 Å². The molecule has 0 saturated heterocycles. The summed E-state index contributed by atoms with van der Waals surface area (Å²) in [6.07, 6.45) is 0. The first kappa shape index (κ1) is 13.0. The zero-order valence-electron chi connectivity index (χ0n) is 11.3. The SMILES string of the molecule is CCOc1ccc2[nH]c3cc(N=[N+]=[N-])ccc3c(=O)c2c1. The molecule has 0 aliphatic rings. The standard InChI is InChI=1S/C15H12N4O2/c1-2-21-10-4-6-13-12(8-10)15(20)11-5-3-9(18-19-16)7-14(11)17-13/h3-8H,2H2,1H3,(H,17,20). The summed E-state index contributed by atoms with van der Waals surface area (Å²) in [5.41, 5.74) is 10.2. The number of nitrogens with zero attached hydrogens (tertiary/aromatic N) is 3. The van der Waals surface area contributed by atoms with Gasteiger partial charge in [-0.25, -0.2) is 0 Å². The van der Waals surface area contributed by atoms with Crippen molar-refractivity contribution in [3.8, 4) is 5.75 Å². The Labute approximate surface area is 119 Å². The highest BCUT2D eigenvalue weighted by Crippen LogP contribution is 2.23. The molecule has 0 aliphatic carbocycles. The summed E-state index contributed by atoms with van der Waals surface area (Å²) in [5, 5.41) is 4.67. The van der Waals surface area contributed by atoms with E-state index in [1.165, 1.54) is 0 Å². The van der Waals surface area contributed by atoms with Crippen molar-refractivity contribution in [2.75, 3.05) is 6.61 Å². The number of hydrogen-bond donors (Lipinski definition) is 1. The molecule has 0 fully saturated rings. The summed E-state index contributed by atoms with van der Waals surface area (Å²) in [7, 11) is 0. The minimum absolute atomic E-state index is 0.0761.